The lowest BCUT2D eigenvalue weighted by atomic mass is 9.66. The third-order valence-corrected chi connectivity index (χ3v) is 18.2. The van der Waals surface area contributed by atoms with Gasteiger partial charge >= 0.3 is 0 Å². The van der Waals surface area contributed by atoms with Crippen LogP contribution in [0.3, 0.4) is 0 Å². The smallest absolute Gasteiger partial charge is 0.150 e. The maximum Gasteiger partial charge on any atom is 0.150 e. The molecule has 12 aromatic rings. The summed E-state index contributed by atoms with van der Waals surface area (Å²) in [7, 11) is 0. The highest BCUT2D eigenvalue weighted by molar-refractivity contribution is 5.92. The number of rotatable bonds is 13. The number of para-hydroxylation sites is 2. The molecule has 0 aliphatic heterocycles. The fourth-order valence-electron chi connectivity index (χ4n) is 14.2. The minimum absolute atomic E-state index is 0.213. The summed E-state index contributed by atoms with van der Waals surface area (Å²) in [5, 5.41) is 0. The molecule has 0 spiro atoms. The van der Waals surface area contributed by atoms with Crippen LogP contribution in [0.4, 0.5) is 51.7 Å². The number of hydrogen-bond donors (Lipinski definition) is 0. The van der Waals surface area contributed by atoms with Crippen molar-refractivity contribution in [2.45, 2.75) is 38.5 Å². The van der Waals surface area contributed by atoms with Crippen LogP contribution in [-0.4, -0.2) is 0 Å². The van der Waals surface area contributed by atoms with Crippen LogP contribution in [0.5, 0.6) is 0 Å². The molecule has 2 aliphatic carbocycles. The summed E-state index contributed by atoms with van der Waals surface area (Å²) in [5.41, 5.74) is 20.9. The Bertz CT molecular complexity index is 4410. The Balaban J connectivity index is 0.888. The van der Waals surface area contributed by atoms with Gasteiger partial charge in [-0.15, -0.1) is 0 Å². The van der Waals surface area contributed by atoms with E-state index >= 15 is 17.6 Å². The van der Waals surface area contributed by atoms with Crippen LogP contribution < -0.4 is 9.80 Å². The molecule has 6 heteroatoms. The van der Waals surface area contributed by atoms with E-state index in [1.54, 1.807) is 9.80 Å². The summed E-state index contributed by atoms with van der Waals surface area (Å²) in [6, 6.07) is 82.5. The number of fused-ring (bicyclic) bond motifs is 6. The van der Waals surface area contributed by atoms with Gasteiger partial charge in [0.25, 0.3) is 0 Å². The van der Waals surface area contributed by atoms with E-state index in [0.717, 1.165) is 111 Å². The van der Waals surface area contributed by atoms with E-state index in [4.69, 9.17) is 0 Å². The Morgan fingerprint density at radius 2 is 0.648 bits per heavy atom. The first-order valence-electron chi connectivity index (χ1n) is 29.6. The van der Waals surface area contributed by atoms with Crippen LogP contribution >= 0.6 is 0 Å². The predicted octanol–water partition coefficient (Wildman–Crippen LogP) is 22.1. The molecule has 0 amide bonds. The monoisotopic (exact) mass is 1150 g/mol. The molecule has 2 unspecified atom stereocenters. The zero-order valence-corrected chi connectivity index (χ0v) is 49.2. The second-order valence-electron chi connectivity index (χ2n) is 23.2. The highest BCUT2D eigenvalue weighted by atomic mass is 19.1. The molecule has 0 N–H and O–H groups in total. The quantitative estimate of drug-likeness (QED) is 0.106. The fraction of sp³-hybridized carbons (Fsp3) is 0.0732. The third kappa shape index (κ3) is 8.68. The Morgan fingerprint density at radius 3 is 1.01 bits per heavy atom. The van der Waals surface area contributed by atoms with Gasteiger partial charge in [0.2, 0.25) is 0 Å². The van der Waals surface area contributed by atoms with E-state index in [1.807, 2.05) is 72.8 Å². The molecule has 2 atom stereocenters. The summed E-state index contributed by atoms with van der Waals surface area (Å²) in [4.78, 5) is 3.33. The van der Waals surface area contributed by atoms with E-state index in [2.05, 4.69) is 199 Å². The van der Waals surface area contributed by atoms with Gasteiger partial charge in [-0.2, -0.15) is 0 Å². The van der Waals surface area contributed by atoms with Crippen LogP contribution in [0.2, 0.25) is 0 Å². The van der Waals surface area contributed by atoms with Crippen LogP contribution in [0.25, 0.3) is 45.5 Å². The molecular weight excluding hydrogens is 1090 g/mol. The van der Waals surface area contributed by atoms with Gasteiger partial charge in [-0.25, -0.2) is 17.6 Å². The van der Waals surface area contributed by atoms with Gasteiger partial charge in [-0.05, 0) is 201 Å². The maximum absolute atomic E-state index is 16.6. The first-order valence-corrected chi connectivity index (χ1v) is 29.6. The lowest BCUT2D eigenvalue weighted by Gasteiger charge is -2.36. The first kappa shape index (κ1) is 55.3. The van der Waals surface area contributed by atoms with Crippen LogP contribution in [0, 0.1) is 51.0 Å². The Kier molecular flexibility index (Phi) is 13.7. The van der Waals surface area contributed by atoms with Gasteiger partial charge in [0, 0.05) is 22.7 Å². The molecule has 14 rings (SSSR count). The van der Waals surface area contributed by atoms with Crippen molar-refractivity contribution in [2.75, 3.05) is 9.80 Å². The maximum atomic E-state index is 16.6. The zero-order valence-electron chi connectivity index (χ0n) is 49.2. The number of halogens is 4. The second-order valence-corrected chi connectivity index (χ2v) is 23.2. The Morgan fingerprint density at radius 1 is 0.307 bits per heavy atom. The number of nitrogens with zero attached hydrogens (tertiary/aromatic N) is 2. The predicted molar refractivity (Wildman–Crippen MR) is 355 cm³/mol. The molecule has 426 valence electrons. The molecular formula is C82H60F4N2. The van der Waals surface area contributed by atoms with E-state index < -0.39 is 34.1 Å². The van der Waals surface area contributed by atoms with Gasteiger partial charge in [0.05, 0.1) is 10.8 Å². The number of anilines is 6. The van der Waals surface area contributed by atoms with Crippen molar-refractivity contribution >= 4 is 46.3 Å². The van der Waals surface area contributed by atoms with Gasteiger partial charge < -0.3 is 9.80 Å². The van der Waals surface area contributed by atoms with Crippen molar-refractivity contribution in [1.29, 1.82) is 0 Å². The van der Waals surface area contributed by atoms with Crippen LogP contribution in [-0.2, 0) is 10.8 Å². The zero-order chi connectivity index (χ0) is 60.6. The number of aryl methyl sites for hydroxylation is 4. The molecule has 0 saturated carbocycles. The number of benzene rings is 12. The van der Waals surface area contributed by atoms with Crippen LogP contribution in [0.15, 0.2) is 268 Å². The number of hydrogen-bond acceptors (Lipinski definition) is 2. The van der Waals surface area contributed by atoms with Gasteiger partial charge in [-0.1, -0.05) is 218 Å². The summed E-state index contributed by atoms with van der Waals surface area (Å²) >= 11 is 0. The van der Waals surface area contributed by atoms with E-state index in [0.29, 0.717) is 22.7 Å². The molecule has 88 heavy (non-hydrogen) atoms. The van der Waals surface area contributed by atoms with Gasteiger partial charge in [0.15, 0.2) is 0 Å². The summed E-state index contributed by atoms with van der Waals surface area (Å²) in [5.74, 6) is -2.87. The lowest BCUT2D eigenvalue weighted by molar-refractivity contribution is 0.585. The Labute approximate surface area is 511 Å². The van der Waals surface area contributed by atoms with E-state index in [9.17, 15) is 0 Å². The topological polar surface area (TPSA) is 6.48 Å². The average molecular weight is 1150 g/mol. The van der Waals surface area contributed by atoms with Gasteiger partial charge in [-0.3, -0.25) is 0 Å². The summed E-state index contributed by atoms with van der Waals surface area (Å²) in [6.45, 7) is 16.6. The fourth-order valence-corrected chi connectivity index (χ4v) is 14.2. The molecule has 0 bridgehead atoms. The average Bonchev–Trinajstić information content (AvgIpc) is 1.59. The highest BCUT2D eigenvalue weighted by Gasteiger charge is 2.49. The third-order valence-electron chi connectivity index (χ3n) is 18.2. The largest absolute Gasteiger partial charge is 0.305 e. The lowest BCUT2D eigenvalue weighted by Crippen LogP contribution is -2.30. The second kappa shape index (κ2) is 21.7. The highest BCUT2D eigenvalue weighted by Crippen LogP contribution is 2.60. The van der Waals surface area contributed by atoms with E-state index in [1.165, 1.54) is 36.4 Å². The van der Waals surface area contributed by atoms with Crippen molar-refractivity contribution in [3.8, 4) is 33.4 Å². The standard InChI is InChI=1S/C82H60F4N2/c1-7-55-27-35-59(36-28-55)81(71-47-51(3)23-25-53(71)5)69-17-11-9-15-65(69)67-45-43-63(49-73(67)81)87(79-75(83)19-13-20-76(79)84)61-39-31-57(32-40-61)58-33-41-62(42-34-58)88(80-77(85)21-14-22-78(80)86)64-44-46-68-66-16-10-12-18-70(66)82(74(68)50-64,60-37-29-56(8-2)30-38-60)72-48-52(4)24-26-54(72)6/h7-50H,1-2H2,3-6H3. The SMILES string of the molecule is C=Cc1ccc(C2(c3cc(C)ccc3C)c3ccccc3-c3ccc(N(c4ccc(-c5ccc(N(c6ccc7c(c6)C(c6ccc(C=C)cc6)(c6cc(C)ccc6C)c6ccccc6-7)c6c(F)cccc6F)cc5)cc4)c4c(F)cccc4F)cc32)cc1. The van der Waals surface area contributed by atoms with Crippen molar-refractivity contribution in [1.82, 2.24) is 0 Å². The molecule has 2 nitrogen and oxygen atoms in total. The molecule has 0 radical (unpaired) electrons. The normalized spacial score (nSPS) is 15.2. The minimum atomic E-state index is -0.809. The Hall–Kier alpha value is -10.6. The van der Waals surface area contributed by atoms with Crippen molar-refractivity contribution in [2.24, 2.45) is 0 Å². The van der Waals surface area contributed by atoms with Gasteiger partial charge in [0.1, 0.15) is 34.6 Å². The van der Waals surface area contributed by atoms with Crippen molar-refractivity contribution < 1.29 is 17.6 Å². The molecule has 0 saturated heterocycles. The summed E-state index contributed by atoms with van der Waals surface area (Å²) in [6.07, 6.45) is 3.68. The summed E-state index contributed by atoms with van der Waals surface area (Å²) < 4.78 is 66.3. The molecule has 0 heterocycles. The molecule has 0 aromatic heterocycles. The van der Waals surface area contributed by atoms with E-state index in [-0.39, 0.29) is 11.4 Å². The van der Waals surface area contributed by atoms with Crippen molar-refractivity contribution in [3.63, 3.8) is 0 Å². The van der Waals surface area contributed by atoms with Crippen molar-refractivity contribution in [3.05, 3.63) is 369 Å². The molecule has 0 fully saturated rings. The minimum Gasteiger partial charge on any atom is -0.305 e. The molecule has 12 aromatic carbocycles. The first-order chi connectivity index (χ1) is 42.8. The van der Waals surface area contributed by atoms with Crippen LogP contribution in [0.1, 0.15) is 77.9 Å². The molecule has 2 aliphatic rings.